The van der Waals surface area contributed by atoms with Gasteiger partial charge >= 0.3 is 0 Å². The molecule has 0 fully saturated rings. The average Bonchev–Trinajstić information content (AvgIpc) is 2.38. The van der Waals surface area contributed by atoms with Crippen LogP contribution in [0.15, 0.2) is 18.2 Å². The van der Waals surface area contributed by atoms with E-state index in [0.717, 1.165) is 25.6 Å². The number of rotatable bonds is 8. The summed E-state index contributed by atoms with van der Waals surface area (Å²) in [4.78, 5) is 22.4. The highest BCUT2D eigenvalue weighted by atomic mass is 16.6. The van der Waals surface area contributed by atoms with E-state index in [1.165, 1.54) is 12.1 Å². The van der Waals surface area contributed by atoms with Crippen molar-refractivity contribution in [1.29, 1.82) is 0 Å². The van der Waals surface area contributed by atoms with Crippen LogP contribution in [0.3, 0.4) is 0 Å². The molecule has 110 valence electrons. The maximum absolute atomic E-state index is 11.0. The molecule has 20 heavy (non-hydrogen) atoms. The lowest BCUT2D eigenvalue weighted by Gasteiger charge is -2.16. The molecule has 1 N–H and O–H groups in total. The Morgan fingerprint density at radius 3 is 2.50 bits per heavy atom. The van der Waals surface area contributed by atoms with E-state index < -0.39 is 9.85 Å². The number of hydrogen-bond acceptors (Lipinski definition) is 6. The Kier molecular flexibility index (Phi) is 6.01. The summed E-state index contributed by atoms with van der Waals surface area (Å²) in [5, 5.41) is 24.7. The van der Waals surface area contributed by atoms with Gasteiger partial charge in [0.15, 0.2) is 0 Å². The second-order valence-corrected chi connectivity index (χ2v) is 4.52. The van der Waals surface area contributed by atoms with E-state index in [2.05, 4.69) is 5.32 Å². The maximum atomic E-state index is 11.0. The highest BCUT2D eigenvalue weighted by Gasteiger charge is 2.19. The highest BCUT2D eigenvalue weighted by molar-refractivity contribution is 5.49. The van der Waals surface area contributed by atoms with Crippen molar-refractivity contribution >= 4 is 11.4 Å². The third-order valence-corrected chi connectivity index (χ3v) is 2.88. The molecular formula is C12H18N4O4. The van der Waals surface area contributed by atoms with Gasteiger partial charge in [0, 0.05) is 18.2 Å². The summed E-state index contributed by atoms with van der Waals surface area (Å²) in [5.74, 6) is 0. The van der Waals surface area contributed by atoms with E-state index in [1.807, 2.05) is 19.0 Å². The summed E-state index contributed by atoms with van der Waals surface area (Å²) < 4.78 is 0. The van der Waals surface area contributed by atoms with E-state index in [4.69, 9.17) is 0 Å². The van der Waals surface area contributed by atoms with Crippen LogP contribution in [-0.4, -0.2) is 41.9 Å². The first-order valence-electron chi connectivity index (χ1n) is 6.20. The van der Waals surface area contributed by atoms with E-state index >= 15 is 0 Å². The Bertz CT molecular complexity index is 492. The number of non-ortho nitro benzene ring substituents is 1. The Hall–Kier alpha value is -2.06. The van der Waals surface area contributed by atoms with Crippen molar-refractivity contribution in [2.75, 3.05) is 27.2 Å². The van der Waals surface area contributed by atoms with Crippen LogP contribution in [0.2, 0.25) is 0 Å². The number of nitro groups is 2. The largest absolute Gasteiger partial charge is 0.320 e. The standard InChI is InChI=1S/C12H18N4O4/c1-13-6-3-7-14(2)9-10-4-5-11(15(17)18)8-12(10)16(19)20/h4-5,8,13H,3,6-7,9H2,1-2H3. The molecule has 0 unspecified atom stereocenters. The fraction of sp³-hybridized carbons (Fsp3) is 0.500. The number of nitrogens with one attached hydrogen (secondary N) is 1. The van der Waals surface area contributed by atoms with Gasteiger partial charge in [-0.15, -0.1) is 0 Å². The van der Waals surface area contributed by atoms with Gasteiger partial charge in [0.2, 0.25) is 0 Å². The maximum Gasteiger partial charge on any atom is 0.280 e. The van der Waals surface area contributed by atoms with Crippen LogP contribution < -0.4 is 5.32 Å². The second kappa shape index (κ2) is 7.51. The molecule has 0 atom stereocenters. The molecule has 1 aromatic rings. The monoisotopic (exact) mass is 282 g/mol. The predicted octanol–water partition coefficient (Wildman–Crippen LogP) is 1.54. The zero-order chi connectivity index (χ0) is 15.1. The van der Waals surface area contributed by atoms with Gasteiger partial charge in [-0.1, -0.05) is 0 Å². The summed E-state index contributed by atoms with van der Waals surface area (Å²) >= 11 is 0. The summed E-state index contributed by atoms with van der Waals surface area (Å²) in [6.07, 6.45) is 0.924. The van der Waals surface area contributed by atoms with Crippen LogP contribution in [0, 0.1) is 20.2 Å². The first-order chi connectivity index (χ1) is 9.45. The van der Waals surface area contributed by atoms with Crippen LogP contribution in [0.1, 0.15) is 12.0 Å². The highest BCUT2D eigenvalue weighted by Crippen LogP contribution is 2.25. The molecule has 0 saturated heterocycles. The summed E-state index contributed by atoms with van der Waals surface area (Å²) in [6.45, 7) is 2.04. The summed E-state index contributed by atoms with van der Waals surface area (Å²) in [7, 11) is 3.72. The Morgan fingerprint density at radius 1 is 1.25 bits per heavy atom. The van der Waals surface area contributed by atoms with Crippen molar-refractivity contribution in [3.8, 4) is 0 Å². The zero-order valence-corrected chi connectivity index (χ0v) is 11.5. The molecular weight excluding hydrogens is 264 g/mol. The lowest BCUT2D eigenvalue weighted by atomic mass is 10.1. The van der Waals surface area contributed by atoms with Gasteiger partial charge in [0.1, 0.15) is 0 Å². The van der Waals surface area contributed by atoms with Crippen LogP contribution in [0.5, 0.6) is 0 Å². The van der Waals surface area contributed by atoms with Gasteiger partial charge in [-0.25, -0.2) is 0 Å². The van der Waals surface area contributed by atoms with E-state index in [-0.39, 0.29) is 11.4 Å². The van der Waals surface area contributed by atoms with Crippen molar-refractivity contribution in [2.45, 2.75) is 13.0 Å². The minimum absolute atomic E-state index is 0.209. The number of nitro benzene ring substituents is 2. The first kappa shape index (κ1) is 16.0. The van der Waals surface area contributed by atoms with Crippen molar-refractivity contribution in [3.05, 3.63) is 44.0 Å². The second-order valence-electron chi connectivity index (χ2n) is 4.52. The molecule has 8 nitrogen and oxygen atoms in total. The predicted molar refractivity (Wildman–Crippen MR) is 74.6 cm³/mol. The summed E-state index contributed by atoms with van der Waals surface area (Å²) in [5.41, 5.74) is 0.00510. The number of nitrogens with zero attached hydrogens (tertiary/aromatic N) is 3. The van der Waals surface area contributed by atoms with Gasteiger partial charge in [-0.3, -0.25) is 20.2 Å². The molecule has 0 aliphatic heterocycles. The lowest BCUT2D eigenvalue weighted by Crippen LogP contribution is -2.22. The minimum Gasteiger partial charge on any atom is -0.320 e. The smallest absolute Gasteiger partial charge is 0.280 e. The molecule has 0 heterocycles. The number of benzene rings is 1. The zero-order valence-electron chi connectivity index (χ0n) is 11.5. The third kappa shape index (κ3) is 4.56. The van der Waals surface area contributed by atoms with E-state index in [0.29, 0.717) is 12.1 Å². The Morgan fingerprint density at radius 2 is 1.95 bits per heavy atom. The van der Waals surface area contributed by atoms with Crippen molar-refractivity contribution in [3.63, 3.8) is 0 Å². The molecule has 0 saturated carbocycles. The van der Waals surface area contributed by atoms with Gasteiger partial charge in [0.05, 0.1) is 15.9 Å². The molecule has 0 bridgehead atoms. The van der Waals surface area contributed by atoms with Crippen LogP contribution in [-0.2, 0) is 6.54 Å². The fourth-order valence-corrected chi connectivity index (χ4v) is 1.87. The molecule has 0 amide bonds. The van der Waals surface area contributed by atoms with Crippen molar-refractivity contribution in [1.82, 2.24) is 10.2 Å². The van der Waals surface area contributed by atoms with Gasteiger partial charge in [0.25, 0.3) is 11.4 Å². The SMILES string of the molecule is CNCCCN(C)Cc1ccc([N+](=O)[O-])cc1[N+](=O)[O-]. The topological polar surface area (TPSA) is 102 Å². The van der Waals surface area contributed by atoms with Gasteiger partial charge in [-0.05, 0) is 39.7 Å². The third-order valence-electron chi connectivity index (χ3n) is 2.88. The fourth-order valence-electron chi connectivity index (χ4n) is 1.87. The Labute approximate surface area is 116 Å². The number of hydrogen-bond donors (Lipinski definition) is 1. The first-order valence-corrected chi connectivity index (χ1v) is 6.20. The molecule has 8 heteroatoms. The minimum atomic E-state index is -0.632. The van der Waals surface area contributed by atoms with Crippen molar-refractivity contribution in [2.24, 2.45) is 0 Å². The molecule has 0 radical (unpaired) electrons. The quantitative estimate of drug-likeness (QED) is 0.441. The average molecular weight is 282 g/mol. The molecule has 0 spiro atoms. The van der Waals surface area contributed by atoms with Crippen LogP contribution >= 0.6 is 0 Å². The normalized spacial score (nSPS) is 10.8. The van der Waals surface area contributed by atoms with Gasteiger partial charge in [-0.2, -0.15) is 0 Å². The molecule has 0 aliphatic carbocycles. The van der Waals surface area contributed by atoms with Crippen LogP contribution in [0.25, 0.3) is 0 Å². The molecule has 0 aromatic heterocycles. The van der Waals surface area contributed by atoms with Crippen LogP contribution in [0.4, 0.5) is 11.4 Å². The van der Waals surface area contributed by atoms with Gasteiger partial charge < -0.3 is 10.2 Å². The van der Waals surface area contributed by atoms with Crippen molar-refractivity contribution < 1.29 is 9.85 Å². The molecule has 0 aliphatic rings. The lowest BCUT2D eigenvalue weighted by molar-refractivity contribution is -0.394. The molecule has 1 rings (SSSR count). The molecule has 1 aromatic carbocycles. The van der Waals surface area contributed by atoms with E-state index in [9.17, 15) is 20.2 Å². The van der Waals surface area contributed by atoms with E-state index in [1.54, 1.807) is 0 Å². The summed E-state index contributed by atoms with van der Waals surface area (Å²) in [6, 6.07) is 3.76. The Balaban J connectivity index is 2.83.